The Morgan fingerprint density at radius 1 is 1.33 bits per heavy atom. The zero-order valence-electron chi connectivity index (χ0n) is 12.8. The number of benzene rings is 1. The minimum Gasteiger partial charge on any atom is -0.398 e. The monoisotopic (exact) mass is 287 g/mol. The van der Waals surface area contributed by atoms with Crippen LogP contribution in [0.15, 0.2) is 18.2 Å². The average molecular weight is 287 g/mol. The van der Waals surface area contributed by atoms with Crippen LogP contribution < -0.4 is 11.1 Å². The third-order valence-electron chi connectivity index (χ3n) is 5.12. The van der Waals surface area contributed by atoms with Crippen LogP contribution in [0.4, 0.5) is 11.4 Å². The van der Waals surface area contributed by atoms with Crippen molar-refractivity contribution in [1.29, 1.82) is 0 Å². The second-order valence-corrected chi connectivity index (χ2v) is 6.44. The van der Waals surface area contributed by atoms with Gasteiger partial charge in [0.1, 0.15) is 0 Å². The summed E-state index contributed by atoms with van der Waals surface area (Å²) in [6.07, 6.45) is 6.54. The summed E-state index contributed by atoms with van der Waals surface area (Å²) in [6, 6.07) is 6.28. The molecule has 1 saturated carbocycles. The van der Waals surface area contributed by atoms with Gasteiger partial charge in [0.2, 0.25) is 5.91 Å². The van der Waals surface area contributed by atoms with Crippen molar-refractivity contribution < 1.29 is 4.79 Å². The molecule has 2 unspecified atom stereocenters. The summed E-state index contributed by atoms with van der Waals surface area (Å²) in [6.45, 7) is 3.52. The van der Waals surface area contributed by atoms with Gasteiger partial charge in [-0.1, -0.05) is 18.9 Å². The first-order chi connectivity index (χ1) is 10.1. The van der Waals surface area contributed by atoms with E-state index in [1.54, 1.807) is 0 Å². The highest BCUT2D eigenvalue weighted by atomic mass is 16.2. The molecule has 3 rings (SSSR count). The number of anilines is 2. The topological polar surface area (TPSA) is 58.4 Å². The SMILES string of the molecule is Cc1c(N)cccc1NC(=O)CN1CCC2CCCCC21. The molecule has 4 nitrogen and oxygen atoms in total. The van der Waals surface area contributed by atoms with Gasteiger partial charge in [0.15, 0.2) is 0 Å². The minimum absolute atomic E-state index is 0.0786. The van der Waals surface area contributed by atoms with E-state index in [0.29, 0.717) is 12.6 Å². The molecule has 2 fully saturated rings. The smallest absolute Gasteiger partial charge is 0.238 e. The lowest BCUT2D eigenvalue weighted by Crippen LogP contribution is -2.39. The first kappa shape index (κ1) is 14.4. The van der Waals surface area contributed by atoms with Crippen LogP contribution >= 0.6 is 0 Å². The van der Waals surface area contributed by atoms with Crippen molar-refractivity contribution in [1.82, 2.24) is 4.90 Å². The van der Waals surface area contributed by atoms with Crippen LogP contribution in [0.1, 0.15) is 37.7 Å². The molecule has 2 aliphatic rings. The van der Waals surface area contributed by atoms with Crippen molar-refractivity contribution in [3.05, 3.63) is 23.8 Å². The quantitative estimate of drug-likeness (QED) is 0.840. The number of nitrogen functional groups attached to an aromatic ring is 1. The Labute approximate surface area is 126 Å². The Morgan fingerprint density at radius 3 is 3.00 bits per heavy atom. The second kappa shape index (κ2) is 6.06. The highest BCUT2D eigenvalue weighted by Crippen LogP contribution is 2.35. The number of carbonyl (C=O) groups excluding carboxylic acids is 1. The van der Waals surface area contributed by atoms with E-state index in [9.17, 15) is 4.79 Å². The molecule has 1 aliphatic carbocycles. The van der Waals surface area contributed by atoms with Crippen molar-refractivity contribution in [2.24, 2.45) is 5.92 Å². The molecule has 1 saturated heterocycles. The van der Waals surface area contributed by atoms with E-state index in [2.05, 4.69) is 10.2 Å². The van der Waals surface area contributed by atoms with Crippen molar-refractivity contribution in [3.63, 3.8) is 0 Å². The van der Waals surface area contributed by atoms with E-state index < -0.39 is 0 Å². The summed E-state index contributed by atoms with van der Waals surface area (Å²) in [5.74, 6) is 0.899. The van der Waals surface area contributed by atoms with E-state index in [1.165, 1.54) is 32.1 Å². The lowest BCUT2D eigenvalue weighted by atomic mass is 9.85. The molecule has 0 radical (unpaired) electrons. The number of hydrogen-bond donors (Lipinski definition) is 2. The van der Waals surface area contributed by atoms with Crippen LogP contribution in [0.3, 0.4) is 0 Å². The Balaban J connectivity index is 1.60. The molecule has 3 N–H and O–H groups in total. The fourth-order valence-electron chi connectivity index (χ4n) is 3.86. The summed E-state index contributed by atoms with van der Waals surface area (Å²) in [5.41, 5.74) is 8.39. The maximum atomic E-state index is 12.3. The molecule has 1 amide bonds. The van der Waals surface area contributed by atoms with Gasteiger partial charge in [0, 0.05) is 17.4 Å². The van der Waals surface area contributed by atoms with Gasteiger partial charge in [-0.2, -0.15) is 0 Å². The predicted octanol–water partition coefficient (Wildman–Crippen LogP) is 2.78. The summed E-state index contributed by atoms with van der Waals surface area (Å²) in [5, 5.41) is 3.01. The highest BCUT2D eigenvalue weighted by Gasteiger charge is 2.36. The van der Waals surface area contributed by atoms with Gasteiger partial charge in [-0.25, -0.2) is 0 Å². The number of hydrogen-bond acceptors (Lipinski definition) is 3. The summed E-state index contributed by atoms with van der Waals surface area (Å²) in [7, 11) is 0. The Bertz CT molecular complexity index is 529. The second-order valence-electron chi connectivity index (χ2n) is 6.44. The van der Waals surface area contributed by atoms with E-state index >= 15 is 0 Å². The molecule has 4 heteroatoms. The Kier molecular flexibility index (Phi) is 4.15. The first-order valence-electron chi connectivity index (χ1n) is 8.04. The maximum Gasteiger partial charge on any atom is 0.238 e. The maximum absolute atomic E-state index is 12.3. The third kappa shape index (κ3) is 3.05. The number of carbonyl (C=O) groups is 1. The lowest BCUT2D eigenvalue weighted by Gasteiger charge is -2.31. The fourth-order valence-corrected chi connectivity index (χ4v) is 3.86. The fraction of sp³-hybridized carbons (Fsp3) is 0.588. The van der Waals surface area contributed by atoms with Gasteiger partial charge in [0.05, 0.1) is 6.54 Å². The normalized spacial score (nSPS) is 25.6. The van der Waals surface area contributed by atoms with Crippen LogP contribution in [0.2, 0.25) is 0 Å². The van der Waals surface area contributed by atoms with Gasteiger partial charge in [-0.15, -0.1) is 0 Å². The van der Waals surface area contributed by atoms with Crippen LogP contribution in [0.5, 0.6) is 0 Å². The molecule has 1 aliphatic heterocycles. The van der Waals surface area contributed by atoms with E-state index in [1.807, 2.05) is 25.1 Å². The minimum atomic E-state index is 0.0786. The molecule has 0 spiro atoms. The van der Waals surface area contributed by atoms with Gasteiger partial charge >= 0.3 is 0 Å². The molecule has 0 aromatic heterocycles. The summed E-state index contributed by atoms with van der Waals surface area (Å²) < 4.78 is 0. The number of nitrogens with two attached hydrogens (primary N) is 1. The van der Waals surface area contributed by atoms with Crippen molar-refractivity contribution in [3.8, 4) is 0 Å². The molecule has 1 aromatic carbocycles. The third-order valence-corrected chi connectivity index (χ3v) is 5.12. The Morgan fingerprint density at radius 2 is 2.14 bits per heavy atom. The van der Waals surface area contributed by atoms with Crippen molar-refractivity contribution in [2.75, 3.05) is 24.1 Å². The number of amides is 1. The molecule has 2 atom stereocenters. The molecule has 1 heterocycles. The van der Waals surface area contributed by atoms with Crippen LogP contribution in [-0.2, 0) is 4.79 Å². The van der Waals surface area contributed by atoms with Crippen molar-refractivity contribution >= 4 is 17.3 Å². The Hall–Kier alpha value is -1.55. The number of nitrogens with zero attached hydrogens (tertiary/aromatic N) is 1. The number of fused-ring (bicyclic) bond motifs is 1. The van der Waals surface area contributed by atoms with E-state index in [4.69, 9.17) is 5.73 Å². The summed E-state index contributed by atoms with van der Waals surface area (Å²) >= 11 is 0. The number of nitrogens with one attached hydrogen (secondary N) is 1. The zero-order valence-corrected chi connectivity index (χ0v) is 12.8. The van der Waals surface area contributed by atoms with Gasteiger partial charge < -0.3 is 11.1 Å². The molecular weight excluding hydrogens is 262 g/mol. The molecule has 0 bridgehead atoms. The molecular formula is C17H25N3O. The van der Waals surface area contributed by atoms with Crippen LogP contribution in [-0.4, -0.2) is 29.9 Å². The van der Waals surface area contributed by atoms with Gasteiger partial charge in [-0.05, 0) is 56.3 Å². The first-order valence-corrected chi connectivity index (χ1v) is 8.04. The van der Waals surface area contributed by atoms with Gasteiger partial charge in [-0.3, -0.25) is 9.69 Å². The van der Waals surface area contributed by atoms with Gasteiger partial charge in [0.25, 0.3) is 0 Å². The lowest BCUT2D eigenvalue weighted by molar-refractivity contribution is -0.117. The van der Waals surface area contributed by atoms with Crippen LogP contribution in [0, 0.1) is 12.8 Å². The average Bonchev–Trinajstić information content (AvgIpc) is 2.87. The largest absolute Gasteiger partial charge is 0.398 e. The summed E-state index contributed by atoms with van der Waals surface area (Å²) in [4.78, 5) is 14.7. The van der Waals surface area contributed by atoms with E-state index in [0.717, 1.165) is 29.4 Å². The standard InChI is InChI=1S/C17H25N3O/c1-12-14(18)6-4-7-15(12)19-17(21)11-20-10-9-13-5-2-3-8-16(13)20/h4,6-7,13,16H,2-3,5,8-11,18H2,1H3,(H,19,21). The molecule has 21 heavy (non-hydrogen) atoms. The van der Waals surface area contributed by atoms with E-state index in [-0.39, 0.29) is 5.91 Å². The molecule has 114 valence electrons. The highest BCUT2D eigenvalue weighted by molar-refractivity contribution is 5.93. The number of likely N-dealkylation sites (tertiary alicyclic amines) is 1. The van der Waals surface area contributed by atoms with Crippen molar-refractivity contribution in [2.45, 2.75) is 45.1 Å². The number of rotatable bonds is 3. The zero-order chi connectivity index (χ0) is 14.8. The molecule has 1 aromatic rings. The predicted molar refractivity (Wildman–Crippen MR) is 86.2 cm³/mol. The van der Waals surface area contributed by atoms with Crippen LogP contribution in [0.25, 0.3) is 0 Å².